The van der Waals surface area contributed by atoms with Gasteiger partial charge in [0.1, 0.15) is 17.1 Å². The number of carbonyl (C=O) groups excluding carboxylic acids is 2. The molecule has 29 heavy (non-hydrogen) atoms. The van der Waals surface area contributed by atoms with Crippen molar-refractivity contribution in [3.05, 3.63) is 63.9 Å². The van der Waals surface area contributed by atoms with Gasteiger partial charge in [-0.1, -0.05) is 13.0 Å². The van der Waals surface area contributed by atoms with Gasteiger partial charge >= 0.3 is 0 Å². The second-order valence-electron chi connectivity index (χ2n) is 6.46. The van der Waals surface area contributed by atoms with Crippen molar-refractivity contribution >= 4 is 56.8 Å². The molecule has 1 fully saturated rings. The largest absolute Gasteiger partial charge is 0.490 e. The van der Waals surface area contributed by atoms with Crippen LogP contribution in [0.4, 0.5) is 10.1 Å². The Bertz CT molecular complexity index is 1010. The van der Waals surface area contributed by atoms with Crippen LogP contribution in [0, 0.1) is 5.82 Å². The number of thiocarbonyl (C=S) groups is 1. The molecule has 1 unspecified atom stereocenters. The van der Waals surface area contributed by atoms with Crippen LogP contribution in [0.25, 0.3) is 6.08 Å². The number of anilines is 1. The van der Waals surface area contributed by atoms with E-state index in [0.29, 0.717) is 21.5 Å². The summed E-state index contributed by atoms with van der Waals surface area (Å²) >= 11 is 8.59. The van der Waals surface area contributed by atoms with Gasteiger partial charge in [0.15, 0.2) is 5.11 Å². The molecule has 1 saturated heterocycles. The van der Waals surface area contributed by atoms with Crippen molar-refractivity contribution in [3.63, 3.8) is 0 Å². The molecule has 0 spiro atoms. The van der Waals surface area contributed by atoms with E-state index in [-0.39, 0.29) is 16.8 Å². The van der Waals surface area contributed by atoms with Gasteiger partial charge < -0.3 is 4.74 Å². The lowest BCUT2D eigenvalue weighted by atomic mass is 10.1. The first kappa shape index (κ1) is 21.1. The van der Waals surface area contributed by atoms with Crippen LogP contribution in [0.15, 0.2) is 52.5 Å². The van der Waals surface area contributed by atoms with Gasteiger partial charge in [0.05, 0.1) is 16.3 Å². The van der Waals surface area contributed by atoms with Crippen LogP contribution >= 0.6 is 28.1 Å². The molecule has 2 amide bonds. The van der Waals surface area contributed by atoms with Crippen LogP contribution in [-0.2, 0) is 9.59 Å². The summed E-state index contributed by atoms with van der Waals surface area (Å²) in [4.78, 5) is 26.5. The number of hydrogen-bond acceptors (Lipinski definition) is 4. The average Bonchev–Trinajstić information content (AvgIpc) is 2.68. The second kappa shape index (κ2) is 8.84. The average molecular weight is 477 g/mol. The van der Waals surface area contributed by atoms with E-state index < -0.39 is 17.6 Å². The van der Waals surface area contributed by atoms with Crippen molar-refractivity contribution in [3.8, 4) is 5.75 Å². The van der Waals surface area contributed by atoms with E-state index >= 15 is 0 Å². The number of hydrogen-bond donors (Lipinski definition) is 1. The summed E-state index contributed by atoms with van der Waals surface area (Å²) in [7, 11) is 0. The van der Waals surface area contributed by atoms with Gasteiger partial charge in [0.25, 0.3) is 11.8 Å². The molecule has 0 radical (unpaired) electrons. The molecule has 8 heteroatoms. The molecule has 150 valence electrons. The fourth-order valence-electron chi connectivity index (χ4n) is 2.65. The quantitative estimate of drug-likeness (QED) is 0.389. The smallest absolute Gasteiger partial charge is 0.270 e. The number of benzene rings is 2. The van der Waals surface area contributed by atoms with Crippen LogP contribution in [0.2, 0.25) is 0 Å². The minimum atomic E-state index is -0.589. The van der Waals surface area contributed by atoms with Crippen molar-refractivity contribution in [2.75, 3.05) is 4.90 Å². The number of nitrogens with zero attached hydrogens (tertiary/aromatic N) is 1. The SMILES string of the molecule is CCC(C)Oc1ccc(C=C2C(=O)NC(=S)N(c3ccc(F)cc3)C2=O)cc1Br. The third-order valence-electron chi connectivity index (χ3n) is 4.36. The molecule has 2 aromatic rings. The van der Waals surface area contributed by atoms with E-state index in [1.54, 1.807) is 18.2 Å². The third kappa shape index (κ3) is 4.71. The van der Waals surface area contributed by atoms with Crippen molar-refractivity contribution in [1.82, 2.24) is 5.32 Å². The molecule has 1 aliphatic heterocycles. The Hall–Kier alpha value is -2.58. The number of rotatable bonds is 5. The van der Waals surface area contributed by atoms with Gasteiger partial charge in [0.2, 0.25) is 0 Å². The number of halogens is 2. The molecule has 1 heterocycles. The van der Waals surface area contributed by atoms with Crippen LogP contribution in [0.5, 0.6) is 5.75 Å². The molecule has 0 aliphatic carbocycles. The zero-order chi connectivity index (χ0) is 21.1. The zero-order valence-electron chi connectivity index (χ0n) is 15.7. The maximum atomic E-state index is 13.2. The van der Waals surface area contributed by atoms with E-state index in [1.165, 1.54) is 30.3 Å². The molecule has 2 aromatic carbocycles. The maximum absolute atomic E-state index is 13.2. The Morgan fingerprint density at radius 1 is 1.24 bits per heavy atom. The monoisotopic (exact) mass is 476 g/mol. The van der Waals surface area contributed by atoms with E-state index in [2.05, 4.69) is 21.2 Å². The Kier molecular flexibility index (Phi) is 6.44. The standard InChI is InChI=1S/C21H18BrFN2O3S/c1-3-12(2)28-18-9-4-13(11-17(18)22)10-16-19(26)24-21(29)25(20(16)27)15-7-5-14(23)6-8-15/h4-12H,3H2,1-2H3,(H,24,26,29). The predicted molar refractivity (Wildman–Crippen MR) is 117 cm³/mol. The first-order valence-corrected chi connectivity index (χ1v) is 10.1. The lowest BCUT2D eigenvalue weighted by Crippen LogP contribution is -2.54. The summed E-state index contributed by atoms with van der Waals surface area (Å²) in [5, 5.41) is 2.45. The first-order valence-electron chi connectivity index (χ1n) is 8.93. The molecule has 0 aromatic heterocycles. The molecule has 1 aliphatic rings. The highest BCUT2D eigenvalue weighted by Gasteiger charge is 2.34. The van der Waals surface area contributed by atoms with Crippen LogP contribution < -0.4 is 15.0 Å². The van der Waals surface area contributed by atoms with Gasteiger partial charge in [-0.2, -0.15) is 0 Å². The fourth-order valence-corrected chi connectivity index (χ4v) is 3.42. The Balaban J connectivity index is 1.92. The highest BCUT2D eigenvalue weighted by Crippen LogP contribution is 2.29. The lowest BCUT2D eigenvalue weighted by molar-refractivity contribution is -0.122. The zero-order valence-corrected chi connectivity index (χ0v) is 18.1. The summed E-state index contributed by atoms with van der Waals surface area (Å²) in [5.74, 6) is -0.931. The Morgan fingerprint density at radius 3 is 2.55 bits per heavy atom. The van der Waals surface area contributed by atoms with Gasteiger partial charge in [-0.25, -0.2) is 4.39 Å². The highest BCUT2D eigenvalue weighted by atomic mass is 79.9. The Labute approximate surface area is 181 Å². The summed E-state index contributed by atoms with van der Waals surface area (Å²) < 4.78 is 19.7. The molecule has 5 nitrogen and oxygen atoms in total. The van der Waals surface area contributed by atoms with Gasteiger partial charge in [-0.05, 0) is 89.5 Å². The number of nitrogens with one attached hydrogen (secondary N) is 1. The summed E-state index contributed by atoms with van der Waals surface area (Å²) in [5.41, 5.74) is 0.926. The van der Waals surface area contributed by atoms with Crippen LogP contribution in [0.3, 0.4) is 0 Å². The first-order chi connectivity index (χ1) is 13.8. The van der Waals surface area contributed by atoms with Crippen molar-refractivity contribution in [2.24, 2.45) is 0 Å². The van der Waals surface area contributed by atoms with Crippen molar-refractivity contribution in [1.29, 1.82) is 0 Å². The molecule has 0 bridgehead atoms. The van der Waals surface area contributed by atoms with Gasteiger partial charge in [0, 0.05) is 0 Å². The van der Waals surface area contributed by atoms with Crippen LogP contribution in [0.1, 0.15) is 25.8 Å². The second-order valence-corrected chi connectivity index (χ2v) is 7.70. The van der Waals surface area contributed by atoms with E-state index in [9.17, 15) is 14.0 Å². The lowest BCUT2D eigenvalue weighted by Gasteiger charge is -2.28. The Morgan fingerprint density at radius 2 is 1.93 bits per heavy atom. The van der Waals surface area contributed by atoms with Crippen LogP contribution in [-0.4, -0.2) is 23.0 Å². The van der Waals surface area contributed by atoms with Crippen molar-refractivity contribution in [2.45, 2.75) is 26.4 Å². The van der Waals surface area contributed by atoms with Gasteiger partial charge in [-0.15, -0.1) is 0 Å². The molecule has 1 atom stereocenters. The molecule has 1 N–H and O–H groups in total. The topological polar surface area (TPSA) is 58.6 Å². The molecular formula is C21H18BrFN2O3S. The molecule has 0 saturated carbocycles. The molecule has 3 rings (SSSR count). The van der Waals surface area contributed by atoms with Crippen molar-refractivity contribution < 1.29 is 18.7 Å². The van der Waals surface area contributed by atoms with E-state index in [0.717, 1.165) is 11.3 Å². The predicted octanol–water partition coefficient (Wildman–Crippen LogP) is 4.60. The highest BCUT2D eigenvalue weighted by molar-refractivity contribution is 9.10. The molecular weight excluding hydrogens is 459 g/mol. The summed E-state index contributed by atoms with van der Waals surface area (Å²) in [6, 6.07) is 10.6. The normalized spacial score (nSPS) is 16.8. The number of ether oxygens (including phenoxy) is 1. The van der Waals surface area contributed by atoms with Gasteiger partial charge in [-0.3, -0.25) is 19.8 Å². The van der Waals surface area contributed by atoms with E-state index in [1.807, 2.05) is 13.8 Å². The number of amides is 2. The maximum Gasteiger partial charge on any atom is 0.270 e. The fraction of sp³-hybridized carbons (Fsp3) is 0.190. The third-order valence-corrected chi connectivity index (χ3v) is 5.26. The minimum absolute atomic E-state index is 0.0535. The number of carbonyl (C=O) groups is 2. The minimum Gasteiger partial charge on any atom is -0.490 e. The summed E-state index contributed by atoms with van der Waals surface area (Å²) in [6.07, 6.45) is 2.41. The van der Waals surface area contributed by atoms with E-state index in [4.69, 9.17) is 17.0 Å². The summed E-state index contributed by atoms with van der Waals surface area (Å²) in [6.45, 7) is 4.00.